The number of aryl methyl sites for hydroxylation is 2. The Morgan fingerprint density at radius 2 is 2.06 bits per heavy atom. The van der Waals surface area contributed by atoms with Crippen LogP contribution in [0.1, 0.15) is 54.4 Å². The van der Waals surface area contributed by atoms with E-state index in [2.05, 4.69) is 33.1 Å². The van der Waals surface area contributed by atoms with Crippen molar-refractivity contribution in [1.29, 1.82) is 0 Å². The maximum absolute atomic E-state index is 13.1. The highest BCUT2D eigenvalue weighted by Crippen LogP contribution is 2.40. The first-order valence-electron chi connectivity index (χ1n) is 11.9. The van der Waals surface area contributed by atoms with E-state index in [1.807, 2.05) is 18.2 Å². The maximum Gasteiger partial charge on any atom is 0.341 e. The topological polar surface area (TPSA) is 99.0 Å². The van der Waals surface area contributed by atoms with Crippen molar-refractivity contribution in [3.8, 4) is 0 Å². The maximum atomic E-state index is 13.1. The molecule has 10 heteroatoms. The van der Waals surface area contributed by atoms with Crippen molar-refractivity contribution in [3.63, 3.8) is 0 Å². The van der Waals surface area contributed by atoms with Gasteiger partial charge in [-0.3, -0.25) is 4.79 Å². The summed E-state index contributed by atoms with van der Waals surface area (Å²) < 4.78 is 7.43. The molecule has 8 nitrogen and oxygen atoms in total. The lowest BCUT2D eigenvalue weighted by molar-refractivity contribution is -0.115. The van der Waals surface area contributed by atoms with Gasteiger partial charge in [-0.05, 0) is 51.2 Å². The number of para-hydroxylation sites is 1. The molecule has 0 fully saturated rings. The quantitative estimate of drug-likeness (QED) is 0.256. The van der Waals surface area contributed by atoms with Crippen LogP contribution in [0.15, 0.2) is 29.4 Å². The monoisotopic (exact) mass is 509 g/mol. The fourth-order valence-corrected chi connectivity index (χ4v) is 6.52. The van der Waals surface area contributed by atoms with Crippen molar-refractivity contribution in [1.82, 2.24) is 19.7 Å². The van der Waals surface area contributed by atoms with Crippen molar-refractivity contribution in [3.05, 3.63) is 40.3 Å². The number of hydrogen-bond donors (Lipinski definition) is 1. The smallest absolute Gasteiger partial charge is 0.341 e. The highest BCUT2D eigenvalue weighted by Gasteiger charge is 2.29. The second-order valence-corrected chi connectivity index (χ2v) is 10.9. The van der Waals surface area contributed by atoms with E-state index < -0.39 is 5.25 Å². The average molecular weight is 510 g/mol. The number of esters is 1. The largest absolute Gasteiger partial charge is 0.462 e. The predicted molar refractivity (Wildman–Crippen MR) is 139 cm³/mol. The Morgan fingerprint density at radius 3 is 2.86 bits per heavy atom. The molecule has 0 aliphatic heterocycles. The number of hydrogen-bond acceptors (Lipinski definition) is 8. The van der Waals surface area contributed by atoms with E-state index in [-0.39, 0.29) is 11.9 Å². The first-order valence-corrected chi connectivity index (χ1v) is 13.6. The van der Waals surface area contributed by atoms with Gasteiger partial charge in [0.05, 0.1) is 22.9 Å². The summed E-state index contributed by atoms with van der Waals surface area (Å²) in [4.78, 5) is 31.6. The number of rotatable bonds is 8. The molecule has 1 aliphatic rings. The van der Waals surface area contributed by atoms with E-state index in [0.29, 0.717) is 22.3 Å². The Morgan fingerprint density at radius 1 is 1.23 bits per heavy atom. The lowest BCUT2D eigenvalue weighted by Crippen LogP contribution is -2.23. The fourth-order valence-electron chi connectivity index (χ4n) is 4.53. The van der Waals surface area contributed by atoms with Crippen LogP contribution in [-0.4, -0.2) is 43.5 Å². The van der Waals surface area contributed by atoms with Crippen molar-refractivity contribution >= 4 is 62.0 Å². The molecule has 1 unspecified atom stereocenters. The van der Waals surface area contributed by atoms with Crippen LogP contribution in [0.25, 0.3) is 22.1 Å². The lowest BCUT2D eigenvalue weighted by atomic mass is 10.1. The zero-order valence-electron chi connectivity index (χ0n) is 20.0. The summed E-state index contributed by atoms with van der Waals surface area (Å²) in [6, 6.07) is 8.09. The molecule has 1 aromatic carbocycles. The molecule has 5 rings (SSSR count). The van der Waals surface area contributed by atoms with Gasteiger partial charge in [-0.15, -0.1) is 21.5 Å². The summed E-state index contributed by atoms with van der Waals surface area (Å²) in [6.07, 6.45) is 3.76. The number of benzene rings is 1. The van der Waals surface area contributed by atoms with E-state index in [1.165, 1.54) is 23.1 Å². The van der Waals surface area contributed by atoms with Gasteiger partial charge in [0.2, 0.25) is 11.1 Å². The first-order chi connectivity index (χ1) is 17.0. The Bertz CT molecular complexity index is 1430. The third-order valence-electron chi connectivity index (χ3n) is 6.09. The van der Waals surface area contributed by atoms with E-state index in [1.54, 1.807) is 13.8 Å². The molecule has 0 radical (unpaired) electrons. The standard InChI is InChI=1S/C25H27N5O3S2/c1-4-13-30-17-11-7-6-9-15(17)20-21(30)26-25(29-28-20)34-14(3)22(31)27-23-19(24(32)33-5-2)16-10-8-12-18(16)35-23/h6-7,9,11,14H,4-5,8,10,12-13H2,1-3H3,(H,27,31). The minimum atomic E-state index is -0.481. The highest BCUT2D eigenvalue weighted by molar-refractivity contribution is 8.00. The number of nitrogens with zero attached hydrogens (tertiary/aromatic N) is 4. The van der Waals surface area contributed by atoms with Gasteiger partial charge in [0.25, 0.3) is 0 Å². The van der Waals surface area contributed by atoms with Crippen LogP contribution in [0, 0.1) is 0 Å². The van der Waals surface area contributed by atoms with Crippen molar-refractivity contribution < 1.29 is 14.3 Å². The molecule has 1 N–H and O–H groups in total. The summed E-state index contributed by atoms with van der Waals surface area (Å²) in [6.45, 7) is 6.84. The van der Waals surface area contributed by atoms with Gasteiger partial charge in [-0.2, -0.15) is 0 Å². The van der Waals surface area contributed by atoms with Gasteiger partial charge in [-0.1, -0.05) is 36.9 Å². The summed E-state index contributed by atoms with van der Waals surface area (Å²) in [7, 11) is 0. The van der Waals surface area contributed by atoms with E-state index in [0.717, 1.165) is 64.7 Å². The number of fused-ring (bicyclic) bond motifs is 4. The second-order valence-electron chi connectivity index (χ2n) is 8.47. The van der Waals surface area contributed by atoms with Crippen LogP contribution < -0.4 is 5.32 Å². The number of amides is 1. The van der Waals surface area contributed by atoms with Gasteiger partial charge in [0.15, 0.2) is 5.65 Å². The molecule has 1 atom stereocenters. The van der Waals surface area contributed by atoms with Gasteiger partial charge in [0, 0.05) is 16.8 Å². The summed E-state index contributed by atoms with van der Waals surface area (Å²) in [5.74, 6) is -0.581. The molecule has 0 saturated heterocycles. The SMILES string of the molecule is CCCn1c2ccccc2c2nnc(SC(C)C(=O)Nc3sc4c(c3C(=O)OCC)CCC4)nc21. The molecule has 182 valence electrons. The van der Waals surface area contributed by atoms with Crippen LogP contribution in [0.4, 0.5) is 5.00 Å². The molecular formula is C25H27N5O3S2. The second kappa shape index (κ2) is 9.94. The molecule has 0 spiro atoms. The number of ether oxygens (including phenoxy) is 1. The normalized spacial score (nSPS) is 13.8. The number of nitrogens with one attached hydrogen (secondary N) is 1. The highest BCUT2D eigenvalue weighted by atomic mass is 32.2. The zero-order chi connectivity index (χ0) is 24.5. The number of thiophene rings is 1. The average Bonchev–Trinajstić information content (AvgIpc) is 3.51. The van der Waals surface area contributed by atoms with Crippen LogP contribution >= 0.6 is 23.1 Å². The Labute approximate surface area is 211 Å². The van der Waals surface area contributed by atoms with Crippen LogP contribution in [0.3, 0.4) is 0 Å². The Kier molecular flexibility index (Phi) is 6.75. The van der Waals surface area contributed by atoms with Crippen molar-refractivity contribution in [2.24, 2.45) is 0 Å². The third kappa shape index (κ3) is 4.40. The predicted octanol–water partition coefficient (Wildman–Crippen LogP) is 5.24. The fraction of sp³-hybridized carbons (Fsp3) is 0.400. The van der Waals surface area contributed by atoms with Crippen LogP contribution in [0.5, 0.6) is 0 Å². The van der Waals surface area contributed by atoms with Gasteiger partial charge in [-0.25, -0.2) is 9.78 Å². The first kappa shape index (κ1) is 23.7. The van der Waals surface area contributed by atoms with E-state index in [9.17, 15) is 9.59 Å². The van der Waals surface area contributed by atoms with Crippen LogP contribution in [-0.2, 0) is 28.9 Å². The van der Waals surface area contributed by atoms with Gasteiger partial charge < -0.3 is 14.6 Å². The molecule has 4 aromatic rings. The van der Waals surface area contributed by atoms with Gasteiger partial charge in [0.1, 0.15) is 10.5 Å². The van der Waals surface area contributed by atoms with Crippen molar-refractivity contribution in [2.75, 3.05) is 11.9 Å². The number of carbonyl (C=O) groups is 2. The third-order valence-corrected chi connectivity index (χ3v) is 8.25. The number of thioether (sulfide) groups is 1. The minimum Gasteiger partial charge on any atom is -0.462 e. The van der Waals surface area contributed by atoms with Gasteiger partial charge >= 0.3 is 5.97 Å². The van der Waals surface area contributed by atoms with Crippen molar-refractivity contribution in [2.45, 2.75) is 63.4 Å². The molecule has 0 saturated carbocycles. The van der Waals surface area contributed by atoms with Crippen LogP contribution in [0.2, 0.25) is 0 Å². The summed E-state index contributed by atoms with van der Waals surface area (Å²) >= 11 is 2.73. The molecule has 0 bridgehead atoms. The molecule has 1 aliphatic carbocycles. The van der Waals surface area contributed by atoms with E-state index >= 15 is 0 Å². The summed E-state index contributed by atoms with van der Waals surface area (Å²) in [5, 5.41) is 13.3. The lowest BCUT2D eigenvalue weighted by Gasteiger charge is -2.12. The zero-order valence-corrected chi connectivity index (χ0v) is 21.6. The molecule has 1 amide bonds. The number of aromatic nitrogens is 4. The Balaban J connectivity index is 1.38. The Hall–Kier alpha value is -2.98. The molecule has 35 heavy (non-hydrogen) atoms. The molecule has 3 heterocycles. The summed E-state index contributed by atoms with van der Waals surface area (Å²) in [5.41, 5.74) is 4.15. The number of anilines is 1. The van der Waals surface area contributed by atoms with E-state index in [4.69, 9.17) is 9.72 Å². The molecular weight excluding hydrogens is 482 g/mol. The minimum absolute atomic E-state index is 0.210. The number of carbonyl (C=O) groups excluding carboxylic acids is 2. The molecule has 3 aromatic heterocycles.